The third-order valence-corrected chi connectivity index (χ3v) is 2.69. The lowest BCUT2D eigenvalue weighted by molar-refractivity contribution is -0.129. The zero-order valence-electron chi connectivity index (χ0n) is 9.66. The second kappa shape index (κ2) is 6.51. The van der Waals surface area contributed by atoms with Crippen LogP contribution in [-0.2, 0) is 11.3 Å². The fourth-order valence-corrected chi connectivity index (χ4v) is 1.53. The van der Waals surface area contributed by atoms with E-state index < -0.39 is 0 Å². The molecule has 0 atom stereocenters. The first-order valence-electron chi connectivity index (χ1n) is 5.33. The van der Waals surface area contributed by atoms with E-state index in [0.717, 1.165) is 12.1 Å². The molecule has 0 fully saturated rings. The maximum atomic E-state index is 11.6. The van der Waals surface area contributed by atoms with Crippen molar-refractivity contribution in [3.05, 3.63) is 34.9 Å². The molecule has 1 amide bonds. The zero-order valence-corrected chi connectivity index (χ0v) is 10.4. The molecule has 0 radical (unpaired) electrons. The van der Waals surface area contributed by atoms with E-state index in [1.807, 2.05) is 31.2 Å². The quantitative estimate of drug-likeness (QED) is 0.853. The highest BCUT2D eigenvalue weighted by Crippen LogP contribution is 2.16. The van der Waals surface area contributed by atoms with Gasteiger partial charge in [-0.1, -0.05) is 36.7 Å². The highest BCUT2D eigenvalue weighted by atomic mass is 35.5. The second-order valence-corrected chi connectivity index (χ2v) is 4.03. The summed E-state index contributed by atoms with van der Waals surface area (Å²) in [6.07, 6.45) is 0. The molecule has 16 heavy (non-hydrogen) atoms. The standard InChI is InChI=1S/C12H17ClN2O/c1-3-14-8-12(16)15(2)9-10-6-4-5-7-11(10)13/h4-7,14H,3,8-9H2,1-2H3. The van der Waals surface area contributed by atoms with E-state index in [2.05, 4.69) is 5.32 Å². The predicted octanol–water partition coefficient (Wildman–Crippen LogP) is 1.91. The molecule has 0 aromatic heterocycles. The maximum absolute atomic E-state index is 11.6. The van der Waals surface area contributed by atoms with Crippen molar-refractivity contribution in [3.63, 3.8) is 0 Å². The Kier molecular flexibility index (Phi) is 5.29. The van der Waals surface area contributed by atoms with Crippen molar-refractivity contribution in [2.75, 3.05) is 20.1 Å². The van der Waals surface area contributed by atoms with Gasteiger partial charge in [-0.05, 0) is 18.2 Å². The Morgan fingerprint density at radius 1 is 1.44 bits per heavy atom. The van der Waals surface area contributed by atoms with Crippen molar-refractivity contribution >= 4 is 17.5 Å². The van der Waals surface area contributed by atoms with Gasteiger partial charge in [0.2, 0.25) is 5.91 Å². The van der Waals surface area contributed by atoms with Gasteiger partial charge in [-0.3, -0.25) is 4.79 Å². The van der Waals surface area contributed by atoms with Gasteiger partial charge in [-0.15, -0.1) is 0 Å². The summed E-state index contributed by atoms with van der Waals surface area (Å²) < 4.78 is 0. The lowest BCUT2D eigenvalue weighted by Crippen LogP contribution is -2.35. The largest absolute Gasteiger partial charge is 0.340 e. The molecule has 4 heteroatoms. The van der Waals surface area contributed by atoms with Crippen LogP contribution in [-0.4, -0.2) is 30.9 Å². The van der Waals surface area contributed by atoms with Gasteiger partial charge in [0.05, 0.1) is 6.54 Å². The molecule has 0 aliphatic carbocycles. The van der Waals surface area contributed by atoms with Crippen molar-refractivity contribution in [1.29, 1.82) is 0 Å². The van der Waals surface area contributed by atoms with Gasteiger partial charge in [0.1, 0.15) is 0 Å². The molecule has 1 rings (SSSR count). The summed E-state index contributed by atoms with van der Waals surface area (Å²) in [6.45, 7) is 3.69. The van der Waals surface area contributed by atoms with E-state index >= 15 is 0 Å². The topological polar surface area (TPSA) is 32.3 Å². The minimum Gasteiger partial charge on any atom is -0.340 e. The molecular formula is C12H17ClN2O. The van der Waals surface area contributed by atoms with E-state index in [1.54, 1.807) is 11.9 Å². The normalized spacial score (nSPS) is 10.2. The van der Waals surface area contributed by atoms with Crippen LogP contribution in [0.2, 0.25) is 5.02 Å². The van der Waals surface area contributed by atoms with E-state index in [1.165, 1.54) is 0 Å². The van der Waals surface area contributed by atoms with Crippen LogP contribution in [0.3, 0.4) is 0 Å². The maximum Gasteiger partial charge on any atom is 0.236 e. The first-order chi connectivity index (χ1) is 7.65. The minimum absolute atomic E-state index is 0.0711. The molecular weight excluding hydrogens is 224 g/mol. The van der Waals surface area contributed by atoms with Crippen molar-refractivity contribution in [3.8, 4) is 0 Å². The number of likely N-dealkylation sites (N-methyl/N-ethyl adjacent to an activating group) is 2. The summed E-state index contributed by atoms with van der Waals surface area (Å²) in [7, 11) is 1.78. The molecule has 0 bridgehead atoms. The van der Waals surface area contributed by atoms with Gasteiger partial charge in [-0.2, -0.15) is 0 Å². The van der Waals surface area contributed by atoms with Gasteiger partial charge in [-0.25, -0.2) is 0 Å². The number of hydrogen-bond acceptors (Lipinski definition) is 2. The van der Waals surface area contributed by atoms with Crippen molar-refractivity contribution in [2.24, 2.45) is 0 Å². The SMILES string of the molecule is CCNCC(=O)N(C)Cc1ccccc1Cl. The first-order valence-corrected chi connectivity index (χ1v) is 5.71. The highest BCUT2D eigenvalue weighted by Gasteiger charge is 2.09. The highest BCUT2D eigenvalue weighted by molar-refractivity contribution is 6.31. The Labute approximate surface area is 101 Å². The zero-order chi connectivity index (χ0) is 12.0. The Morgan fingerprint density at radius 3 is 2.75 bits per heavy atom. The van der Waals surface area contributed by atoms with E-state index in [0.29, 0.717) is 18.1 Å². The van der Waals surface area contributed by atoms with Crippen LogP contribution in [0.15, 0.2) is 24.3 Å². The molecule has 0 heterocycles. The van der Waals surface area contributed by atoms with Gasteiger partial charge < -0.3 is 10.2 Å². The summed E-state index contributed by atoms with van der Waals surface area (Å²) >= 11 is 6.02. The average Bonchev–Trinajstić information content (AvgIpc) is 2.28. The van der Waals surface area contributed by atoms with Crippen LogP contribution in [0.1, 0.15) is 12.5 Å². The van der Waals surface area contributed by atoms with E-state index in [4.69, 9.17) is 11.6 Å². The molecule has 88 valence electrons. The molecule has 0 spiro atoms. The molecule has 0 saturated heterocycles. The monoisotopic (exact) mass is 240 g/mol. The molecule has 0 aliphatic rings. The predicted molar refractivity (Wildman–Crippen MR) is 66.5 cm³/mol. The van der Waals surface area contributed by atoms with Crippen molar-refractivity contribution in [2.45, 2.75) is 13.5 Å². The number of rotatable bonds is 5. The number of benzene rings is 1. The van der Waals surface area contributed by atoms with Crippen LogP contribution < -0.4 is 5.32 Å². The number of amides is 1. The Morgan fingerprint density at radius 2 is 2.12 bits per heavy atom. The van der Waals surface area contributed by atoms with Crippen LogP contribution in [0.4, 0.5) is 0 Å². The fraction of sp³-hybridized carbons (Fsp3) is 0.417. The lowest BCUT2D eigenvalue weighted by atomic mass is 10.2. The Balaban J connectivity index is 2.54. The summed E-state index contributed by atoms with van der Waals surface area (Å²) in [4.78, 5) is 13.3. The summed E-state index contributed by atoms with van der Waals surface area (Å²) in [5, 5.41) is 3.70. The summed E-state index contributed by atoms with van der Waals surface area (Å²) in [5.74, 6) is 0.0711. The number of halogens is 1. The number of nitrogens with zero attached hydrogens (tertiary/aromatic N) is 1. The van der Waals surface area contributed by atoms with Crippen LogP contribution in [0.25, 0.3) is 0 Å². The van der Waals surface area contributed by atoms with Gasteiger partial charge in [0.25, 0.3) is 0 Å². The van der Waals surface area contributed by atoms with Crippen LogP contribution in [0.5, 0.6) is 0 Å². The molecule has 0 unspecified atom stereocenters. The first kappa shape index (κ1) is 13.0. The summed E-state index contributed by atoms with van der Waals surface area (Å²) in [6, 6.07) is 7.56. The molecule has 1 aromatic rings. The molecule has 0 saturated carbocycles. The minimum atomic E-state index is 0.0711. The van der Waals surface area contributed by atoms with Gasteiger partial charge in [0, 0.05) is 18.6 Å². The molecule has 3 nitrogen and oxygen atoms in total. The van der Waals surface area contributed by atoms with Gasteiger partial charge >= 0.3 is 0 Å². The average molecular weight is 241 g/mol. The van der Waals surface area contributed by atoms with Crippen molar-refractivity contribution in [1.82, 2.24) is 10.2 Å². The van der Waals surface area contributed by atoms with E-state index in [-0.39, 0.29) is 5.91 Å². The second-order valence-electron chi connectivity index (χ2n) is 3.62. The van der Waals surface area contributed by atoms with Gasteiger partial charge in [0.15, 0.2) is 0 Å². The van der Waals surface area contributed by atoms with E-state index in [9.17, 15) is 4.79 Å². The van der Waals surface area contributed by atoms with Crippen LogP contribution in [0, 0.1) is 0 Å². The number of carbonyl (C=O) groups excluding carboxylic acids is 1. The number of nitrogens with one attached hydrogen (secondary N) is 1. The Bertz CT molecular complexity index is 355. The Hall–Kier alpha value is -1.06. The van der Waals surface area contributed by atoms with Crippen LogP contribution >= 0.6 is 11.6 Å². The molecule has 0 aliphatic heterocycles. The third-order valence-electron chi connectivity index (χ3n) is 2.32. The fourth-order valence-electron chi connectivity index (χ4n) is 1.34. The third kappa shape index (κ3) is 3.83. The smallest absolute Gasteiger partial charge is 0.236 e. The summed E-state index contributed by atoms with van der Waals surface area (Å²) in [5.41, 5.74) is 0.969. The number of hydrogen-bond donors (Lipinski definition) is 1. The lowest BCUT2D eigenvalue weighted by Gasteiger charge is -2.18. The van der Waals surface area contributed by atoms with Crippen molar-refractivity contribution < 1.29 is 4.79 Å². The molecule has 1 aromatic carbocycles. The molecule has 1 N–H and O–H groups in total. The number of carbonyl (C=O) groups is 1.